The maximum Gasteiger partial charge on any atom is 0.0399 e. The second-order valence-corrected chi connectivity index (χ2v) is 3.63. The Morgan fingerprint density at radius 1 is 1.36 bits per heavy atom. The molecule has 3 nitrogen and oxygen atoms in total. The highest BCUT2D eigenvalue weighted by Gasteiger charge is 2.08. The highest BCUT2D eigenvalue weighted by Crippen LogP contribution is 2.15. The number of nitrogens with zero attached hydrogens (tertiary/aromatic N) is 2. The molecular weight excluding hydrogens is 174 g/mol. The van der Waals surface area contributed by atoms with Crippen LogP contribution in [0.15, 0.2) is 24.5 Å². The van der Waals surface area contributed by atoms with Crippen molar-refractivity contribution in [1.29, 1.82) is 0 Å². The van der Waals surface area contributed by atoms with Gasteiger partial charge in [0.2, 0.25) is 0 Å². The van der Waals surface area contributed by atoms with E-state index in [0.717, 1.165) is 19.5 Å². The summed E-state index contributed by atoms with van der Waals surface area (Å²) in [6.45, 7) is 6.14. The van der Waals surface area contributed by atoms with E-state index >= 15 is 0 Å². The molecule has 0 amide bonds. The fourth-order valence-corrected chi connectivity index (χ4v) is 1.48. The van der Waals surface area contributed by atoms with Crippen molar-refractivity contribution in [2.45, 2.75) is 26.3 Å². The molecule has 14 heavy (non-hydrogen) atoms. The summed E-state index contributed by atoms with van der Waals surface area (Å²) >= 11 is 0. The van der Waals surface area contributed by atoms with Gasteiger partial charge in [0.25, 0.3) is 0 Å². The van der Waals surface area contributed by atoms with Gasteiger partial charge in [0.1, 0.15) is 0 Å². The number of anilines is 1. The van der Waals surface area contributed by atoms with Crippen molar-refractivity contribution in [3.05, 3.63) is 24.5 Å². The molecule has 1 aromatic heterocycles. The Labute approximate surface area is 85.9 Å². The summed E-state index contributed by atoms with van der Waals surface area (Å²) in [7, 11) is 0. The van der Waals surface area contributed by atoms with Gasteiger partial charge in [0, 0.05) is 30.7 Å². The zero-order chi connectivity index (χ0) is 10.4. The molecule has 0 aliphatic rings. The van der Waals surface area contributed by atoms with Crippen LogP contribution in [0.1, 0.15) is 20.3 Å². The minimum atomic E-state index is 0.504. The van der Waals surface area contributed by atoms with Gasteiger partial charge in [-0.15, -0.1) is 0 Å². The summed E-state index contributed by atoms with van der Waals surface area (Å²) in [6, 6.07) is 4.58. The number of rotatable bonds is 5. The third-order valence-corrected chi connectivity index (χ3v) is 2.22. The SMILES string of the molecule is CC(C)N(CCCN)c1ccncc1. The zero-order valence-corrected chi connectivity index (χ0v) is 8.98. The van der Waals surface area contributed by atoms with E-state index in [1.54, 1.807) is 0 Å². The second kappa shape index (κ2) is 5.60. The van der Waals surface area contributed by atoms with Crippen molar-refractivity contribution in [1.82, 2.24) is 4.98 Å². The third kappa shape index (κ3) is 3.00. The quantitative estimate of drug-likeness (QED) is 0.773. The first-order valence-electron chi connectivity index (χ1n) is 5.12. The van der Waals surface area contributed by atoms with E-state index in [1.165, 1.54) is 5.69 Å². The van der Waals surface area contributed by atoms with Gasteiger partial charge < -0.3 is 10.6 Å². The van der Waals surface area contributed by atoms with E-state index in [4.69, 9.17) is 5.73 Å². The second-order valence-electron chi connectivity index (χ2n) is 3.63. The Hall–Kier alpha value is -1.09. The minimum absolute atomic E-state index is 0.504. The van der Waals surface area contributed by atoms with Gasteiger partial charge >= 0.3 is 0 Å². The highest BCUT2D eigenvalue weighted by atomic mass is 15.1. The van der Waals surface area contributed by atoms with Crippen molar-refractivity contribution < 1.29 is 0 Å². The Morgan fingerprint density at radius 2 is 2.00 bits per heavy atom. The molecule has 0 saturated heterocycles. The van der Waals surface area contributed by atoms with Crippen LogP contribution < -0.4 is 10.6 Å². The first kappa shape index (κ1) is 11.0. The Balaban J connectivity index is 2.68. The molecule has 0 saturated carbocycles. The van der Waals surface area contributed by atoms with Crippen LogP contribution in [0.2, 0.25) is 0 Å². The van der Waals surface area contributed by atoms with E-state index in [1.807, 2.05) is 24.5 Å². The molecule has 1 rings (SSSR count). The molecule has 0 atom stereocenters. The maximum absolute atomic E-state index is 5.52. The van der Waals surface area contributed by atoms with Crippen LogP contribution in [0.4, 0.5) is 5.69 Å². The number of hydrogen-bond donors (Lipinski definition) is 1. The van der Waals surface area contributed by atoms with Crippen LogP contribution in [0.3, 0.4) is 0 Å². The van der Waals surface area contributed by atoms with Crippen LogP contribution in [0, 0.1) is 0 Å². The maximum atomic E-state index is 5.52. The lowest BCUT2D eigenvalue weighted by molar-refractivity contribution is 0.657. The molecule has 3 heteroatoms. The van der Waals surface area contributed by atoms with E-state index in [9.17, 15) is 0 Å². The normalized spacial score (nSPS) is 10.6. The van der Waals surface area contributed by atoms with Crippen LogP contribution >= 0.6 is 0 Å². The van der Waals surface area contributed by atoms with Crippen molar-refractivity contribution in [2.24, 2.45) is 5.73 Å². The predicted molar refractivity (Wildman–Crippen MR) is 60.4 cm³/mol. The fraction of sp³-hybridized carbons (Fsp3) is 0.545. The van der Waals surface area contributed by atoms with Crippen LogP contribution in [-0.2, 0) is 0 Å². The average Bonchev–Trinajstić information content (AvgIpc) is 2.19. The van der Waals surface area contributed by atoms with Gasteiger partial charge in [-0.2, -0.15) is 0 Å². The smallest absolute Gasteiger partial charge is 0.0399 e. The lowest BCUT2D eigenvalue weighted by Crippen LogP contribution is -2.32. The van der Waals surface area contributed by atoms with Crippen LogP contribution in [-0.4, -0.2) is 24.1 Å². The van der Waals surface area contributed by atoms with Gasteiger partial charge in [0.15, 0.2) is 0 Å². The molecule has 0 spiro atoms. The zero-order valence-electron chi connectivity index (χ0n) is 8.98. The first-order chi connectivity index (χ1) is 6.75. The molecule has 2 N–H and O–H groups in total. The predicted octanol–water partition coefficient (Wildman–Crippen LogP) is 1.65. The highest BCUT2D eigenvalue weighted by molar-refractivity contribution is 5.45. The summed E-state index contributed by atoms with van der Waals surface area (Å²) in [5.41, 5.74) is 6.74. The lowest BCUT2D eigenvalue weighted by Gasteiger charge is -2.28. The number of aromatic nitrogens is 1. The molecule has 0 unspecified atom stereocenters. The summed E-state index contributed by atoms with van der Waals surface area (Å²) < 4.78 is 0. The van der Waals surface area contributed by atoms with Crippen molar-refractivity contribution in [2.75, 3.05) is 18.0 Å². The Kier molecular flexibility index (Phi) is 4.40. The van der Waals surface area contributed by atoms with E-state index in [0.29, 0.717) is 6.04 Å². The number of nitrogens with two attached hydrogens (primary N) is 1. The van der Waals surface area contributed by atoms with Crippen LogP contribution in [0.25, 0.3) is 0 Å². The van der Waals surface area contributed by atoms with Gasteiger partial charge in [-0.1, -0.05) is 0 Å². The number of pyridine rings is 1. The lowest BCUT2D eigenvalue weighted by atomic mass is 10.2. The average molecular weight is 193 g/mol. The van der Waals surface area contributed by atoms with E-state index in [-0.39, 0.29) is 0 Å². The summed E-state index contributed by atoms with van der Waals surface area (Å²) in [5.74, 6) is 0. The molecule has 0 aromatic carbocycles. The molecule has 0 aliphatic carbocycles. The molecule has 0 bridgehead atoms. The molecule has 0 aliphatic heterocycles. The fourth-order valence-electron chi connectivity index (χ4n) is 1.48. The molecule has 1 aromatic rings. The molecule has 0 fully saturated rings. The standard InChI is InChI=1S/C11H19N3/c1-10(2)14(9-3-6-12)11-4-7-13-8-5-11/h4-5,7-8,10H,3,6,9,12H2,1-2H3. The van der Waals surface area contributed by atoms with Crippen molar-refractivity contribution in [3.63, 3.8) is 0 Å². The minimum Gasteiger partial charge on any atom is -0.369 e. The summed E-state index contributed by atoms with van der Waals surface area (Å²) in [6.07, 6.45) is 4.68. The molecule has 0 radical (unpaired) electrons. The molecule has 78 valence electrons. The molecule has 1 heterocycles. The summed E-state index contributed by atoms with van der Waals surface area (Å²) in [4.78, 5) is 6.36. The van der Waals surface area contributed by atoms with Crippen molar-refractivity contribution in [3.8, 4) is 0 Å². The number of hydrogen-bond acceptors (Lipinski definition) is 3. The van der Waals surface area contributed by atoms with Crippen LogP contribution in [0.5, 0.6) is 0 Å². The Bertz CT molecular complexity index is 246. The third-order valence-electron chi connectivity index (χ3n) is 2.22. The first-order valence-corrected chi connectivity index (χ1v) is 5.12. The van der Waals surface area contributed by atoms with Gasteiger partial charge in [-0.25, -0.2) is 0 Å². The topological polar surface area (TPSA) is 42.1 Å². The monoisotopic (exact) mass is 193 g/mol. The largest absolute Gasteiger partial charge is 0.369 e. The Morgan fingerprint density at radius 3 is 2.50 bits per heavy atom. The van der Waals surface area contributed by atoms with Crippen molar-refractivity contribution >= 4 is 5.69 Å². The van der Waals surface area contributed by atoms with E-state index in [2.05, 4.69) is 23.7 Å². The molecular formula is C11H19N3. The van der Waals surface area contributed by atoms with E-state index < -0.39 is 0 Å². The summed E-state index contributed by atoms with van der Waals surface area (Å²) in [5, 5.41) is 0. The van der Waals surface area contributed by atoms with Gasteiger partial charge in [-0.3, -0.25) is 4.98 Å². The van der Waals surface area contributed by atoms with Gasteiger partial charge in [-0.05, 0) is 38.9 Å². The van der Waals surface area contributed by atoms with Gasteiger partial charge in [0.05, 0.1) is 0 Å².